The molecule has 0 amide bonds. The van der Waals surface area contributed by atoms with Gasteiger partial charge in [0.15, 0.2) is 18.8 Å². The van der Waals surface area contributed by atoms with Gasteiger partial charge in [-0.15, -0.1) is 5.12 Å². The Bertz CT molecular complexity index is 1900. The molecule has 0 radical (unpaired) electrons. The van der Waals surface area contributed by atoms with Gasteiger partial charge in [-0.1, -0.05) is 44.0 Å². The molecule has 0 spiro atoms. The van der Waals surface area contributed by atoms with Crippen molar-refractivity contribution in [1.82, 2.24) is 25.5 Å². The van der Waals surface area contributed by atoms with Gasteiger partial charge >= 0.3 is 59.1 Å². The summed E-state index contributed by atoms with van der Waals surface area (Å²) in [6.45, 7) is 1.88. The Morgan fingerprint density at radius 1 is 0.909 bits per heavy atom. The number of aromatic nitrogens is 2. The van der Waals surface area contributed by atoms with Gasteiger partial charge < -0.3 is 65.6 Å². The van der Waals surface area contributed by atoms with Crippen LogP contribution in [-0.2, 0) is 38.4 Å². The number of phosphoric ester groups is 2. The number of phenolic OH excluding ortho intramolecular Hbond substituents is 1. The first-order chi connectivity index (χ1) is 25.1. The number of nitrogen functional groups attached to an aromatic ring is 1. The molecular formula is C30H40N6Na2O15P2. The van der Waals surface area contributed by atoms with Crippen molar-refractivity contribution in [1.29, 1.82) is 0 Å². The summed E-state index contributed by atoms with van der Waals surface area (Å²) < 4.78 is 50.7. The van der Waals surface area contributed by atoms with Crippen LogP contribution in [0.15, 0.2) is 48.9 Å². The standard InChI is InChI=1S/C30H42N6O15P2.2Na/c1-2-3-4-5-15-6-8-16(9-7-15)18-12-33-36(34-18)13-21-23(38)24(39)26(41)29(47-21)49-52(43,44)51-53(45,46)50-30-27(42)25(40)28(48-30)35-14-32-22-19(35)10-17(31)11-20(22)37;;/h6-12,14,21,23-30,33-34,37-42H,2-5,13,31H2,1H3,(H,43,44)(H,45,46);;/q;2*+1/p-2/t21-,23+,24+,25+,26-,27-,28+,29+,30+;;/m0../s1. The molecule has 3 aliphatic rings. The molecule has 3 aliphatic heterocycles. The molecule has 6 rings (SSSR count). The Kier molecular flexibility index (Phi) is 16.3. The van der Waals surface area contributed by atoms with E-state index in [9.17, 15) is 49.6 Å². The van der Waals surface area contributed by atoms with Crippen molar-refractivity contribution in [3.63, 3.8) is 0 Å². The normalized spacial score (nSPS) is 30.3. The quantitative estimate of drug-likeness (QED) is 0.0315. The van der Waals surface area contributed by atoms with E-state index in [0.29, 0.717) is 5.70 Å². The summed E-state index contributed by atoms with van der Waals surface area (Å²) in [4.78, 5) is 29.4. The predicted molar refractivity (Wildman–Crippen MR) is 178 cm³/mol. The summed E-state index contributed by atoms with van der Waals surface area (Å²) in [6.07, 6.45) is -10.3. The third-order valence-electron chi connectivity index (χ3n) is 8.80. The molecule has 292 valence electrons. The maximum absolute atomic E-state index is 12.7. The van der Waals surface area contributed by atoms with Crippen molar-refractivity contribution >= 4 is 38.1 Å². The Balaban J connectivity index is 0.00000336. The van der Waals surface area contributed by atoms with Gasteiger partial charge in [-0.25, -0.2) is 9.29 Å². The zero-order valence-electron chi connectivity index (χ0n) is 30.0. The number of ether oxygens (including phenoxy) is 2. The van der Waals surface area contributed by atoms with E-state index in [4.69, 9.17) is 15.2 Å². The second kappa shape index (κ2) is 19.2. The van der Waals surface area contributed by atoms with Crippen LogP contribution in [0.1, 0.15) is 43.5 Å². The molecule has 55 heavy (non-hydrogen) atoms. The summed E-state index contributed by atoms with van der Waals surface area (Å²) >= 11 is 0. The topological polar surface area (TPSA) is 319 Å². The molecule has 2 unspecified atom stereocenters. The molecular weight excluding hydrogens is 792 g/mol. The fraction of sp³-hybridized carbons (Fsp3) is 0.500. The van der Waals surface area contributed by atoms with Gasteiger partial charge in [0.05, 0.1) is 24.1 Å². The average molecular weight is 833 g/mol. The van der Waals surface area contributed by atoms with Gasteiger partial charge in [0, 0.05) is 23.5 Å². The van der Waals surface area contributed by atoms with Crippen molar-refractivity contribution < 1.29 is 132 Å². The fourth-order valence-corrected chi connectivity index (χ4v) is 8.21. The first-order valence-corrected chi connectivity index (χ1v) is 19.4. The van der Waals surface area contributed by atoms with Crippen LogP contribution in [0.5, 0.6) is 5.75 Å². The fourth-order valence-electron chi connectivity index (χ4n) is 6.06. The van der Waals surface area contributed by atoms with E-state index in [0.717, 1.165) is 42.1 Å². The number of benzene rings is 2. The molecule has 11 atom stereocenters. The van der Waals surface area contributed by atoms with Crippen LogP contribution < -0.4 is 85.5 Å². The van der Waals surface area contributed by atoms with Gasteiger partial charge in [0.25, 0.3) is 15.6 Å². The largest absolute Gasteiger partial charge is 1.00 e. The Labute approximate surface area is 358 Å². The summed E-state index contributed by atoms with van der Waals surface area (Å²) in [7, 11) is -12.0. The number of aryl methyl sites for hydroxylation is 1. The number of phosphoric acid groups is 2. The monoisotopic (exact) mass is 832 g/mol. The minimum absolute atomic E-state index is 0. The van der Waals surface area contributed by atoms with Crippen molar-refractivity contribution in [3.05, 3.63) is 60.1 Å². The molecule has 2 aromatic carbocycles. The molecule has 21 nitrogen and oxygen atoms in total. The van der Waals surface area contributed by atoms with Crippen molar-refractivity contribution in [3.8, 4) is 5.75 Å². The molecule has 0 saturated carbocycles. The average Bonchev–Trinajstić information content (AvgIpc) is 3.80. The first kappa shape index (κ1) is 46.5. The number of phenols is 1. The number of nitrogens with zero attached hydrogens (tertiary/aromatic N) is 3. The second-order valence-electron chi connectivity index (χ2n) is 12.7. The van der Waals surface area contributed by atoms with E-state index in [1.165, 1.54) is 22.8 Å². The molecule has 25 heteroatoms. The van der Waals surface area contributed by atoms with Crippen LogP contribution in [-0.4, -0.2) is 101 Å². The smallest absolute Gasteiger partial charge is 0.756 e. The molecule has 2 saturated heterocycles. The van der Waals surface area contributed by atoms with Gasteiger partial charge in [0.1, 0.15) is 47.9 Å². The number of hydrogen-bond acceptors (Lipinski definition) is 20. The molecule has 0 bridgehead atoms. The number of hydrogen-bond donors (Lipinski definition) is 9. The van der Waals surface area contributed by atoms with Crippen LogP contribution in [0.3, 0.4) is 0 Å². The summed E-state index contributed by atoms with van der Waals surface area (Å²) in [6, 6.07) is 10.4. The minimum atomic E-state index is -6.03. The number of imidazole rings is 1. The van der Waals surface area contributed by atoms with E-state index in [1.807, 2.05) is 24.3 Å². The number of aliphatic hydroxyl groups excluding tert-OH is 5. The van der Waals surface area contributed by atoms with Gasteiger partial charge in [-0.3, -0.25) is 23.6 Å². The van der Waals surface area contributed by atoms with Gasteiger partial charge in [-0.2, -0.15) is 0 Å². The minimum Gasteiger partial charge on any atom is -0.756 e. The van der Waals surface area contributed by atoms with E-state index in [1.54, 1.807) is 6.20 Å². The van der Waals surface area contributed by atoms with Gasteiger partial charge in [-0.05, 0) is 24.5 Å². The van der Waals surface area contributed by atoms with E-state index in [-0.39, 0.29) is 88.1 Å². The summed E-state index contributed by atoms with van der Waals surface area (Å²) in [5.41, 5.74) is 14.6. The van der Waals surface area contributed by atoms with Crippen LogP contribution in [0.2, 0.25) is 0 Å². The number of anilines is 1. The van der Waals surface area contributed by atoms with Crippen LogP contribution in [0.25, 0.3) is 16.7 Å². The van der Waals surface area contributed by atoms with E-state index in [2.05, 4.69) is 36.1 Å². The Hall–Kier alpha value is -1.21. The summed E-state index contributed by atoms with van der Waals surface area (Å²) in [5, 5.41) is 64.0. The number of aliphatic hydroxyl groups is 5. The maximum atomic E-state index is 12.7. The second-order valence-corrected chi connectivity index (χ2v) is 15.6. The number of fused-ring (bicyclic) bond motifs is 1. The third kappa shape index (κ3) is 10.9. The van der Waals surface area contributed by atoms with Crippen LogP contribution in [0, 0.1) is 0 Å². The third-order valence-corrected chi connectivity index (χ3v) is 11.3. The number of hydrazine groups is 2. The number of unbranched alkanes of at least 4 members (excludes halogenated alkanes) is 2. The molecule has 4 heterocycles. The SMILES string of the molecule is CCCCCc1ccc(C2=CNN(C[C@@H]3O[C@H](OP(=O)([O-])OP(=O)([O-])O[C@H]4O[C@@H](n5cnc6c(O)cc(N)cc65)[C@H](O)[C@@H]4O)[C@@H](O)[C@H](O)[C@@H]3O)N2)cc1.[Na+].[Na+]. The van der Waals surface area contributed by atoms with Crippen LogP contribution >= 0.6 is 15.6 Å². The zero-order valence-corrected chi connectivity index (χ0v) is 35.8. The molecule has 10 N–H and O–H groups in total. The number of nitrogens with one attached hydrogen (secondary N) is 2. The Morgan fingerprint density at radius 3 is 2.20 bits per heavy atom. The zero-order chi connectivity index (χ0) is 38.2. The molecule has 1 aromatic heterocycles. The first-order valence-electron chi connectivity index (χ1n) is 16.5. The molecule has 2 fully saturated rings. The molecule has 3 aromatic rings. The van der Waals surface area contributed by atoms with Crippen molar-refractivity contribution in [2.24, 2.45) is 0 Å². The predicted octanol–water partition coefficient (Wildman–Crippen LogP) is -7.24. The number of rotatable bonds is 14. The van der Waals surface area contributed by atoms with E-state index >= 15 is 0 Å². The number of aromatic hydroxyl groups is 1. The number of nitrogens with two attached hydrogens (primary N) is 1. The van der Waals surface area contributed by atoms with E-state index < -0.39 is 71.1 Å². The molecule has 0 aliphatic carbocycles. The van der Waals surface area contributed by atoms with Gasteiger partial charge in [0.2, 0.25) is 0 Å². The van der Waals surface area contributed by atoms with Crippen molar-refractivity contribution in [2.45, 2.75) is 88.0 Å². The Morgan fingerprint density at radius 2 is 1.55 bits per heavy atom. The maximum Gasteiger partial charge on any atom is 1.00 e. The van der Waals surface area contributed by atoms with Crippen LogP contribution in [0.4, 0.5) is 5.69 Å². The summed E-state index contributed by atoms with van der Waals surface area (Å²) in [5.74, 6) is -0.312. The van der Waals surface area contributed by atoms with Crippen molar-refractivity contribution in [2.75, 3.05) is 12.3 Å².